The van der Waals surface area contributed by atoms with Gasteiger partial charge in [0.05, 0.1) is 0 Å². The second-order valence-electron chi connectivity index (χ2n) is 5.88. The number of nitrogens with one attached hydrogen (secondary N) is 1. The van der Waals surface area contributed by atoms with Crippen molar-refractivity contribution >= 4 is 5.91 Å². The number of amides is 1. The van der Waals surface area contributed by atoms with Crippen molar-refractivity contribution in [2.24, 2.45) is 11.7 Å². The first kappa shape index (κ1) is 16.7. The van der Waals surface area contributed by atoms with Gasteiger partial charge in [-0.3, -0.25) is 4.79 Å². The third-order valence-corrected chi connectivity index (χ3v) is 3.43. The van der Waals surface area contributed by atoms with E-state index < -0.39 is 6.04 Å². The van der Waals surface area contributed by atoms with Crippen LogP contribution >= 0.6 is 0 Å². The largest absolute Gasteiger partial charge is 0.353 e. The van der Waals surface area contributed by atoms with Gasteiger partial charge in [-0.1, -0.05) is 44.2 Å². The number of hydrogen-bond acceptors (Lipinski definition) is 3. The van der Waals surface area contributed by atoms with Crippen molar-refractivity contribution < 1.29 is 4.79 Å². The van der Waals surface area contributed by atoms with Gasteiger partial charge in [0, 0.05) is 12.6 Å². The van der Waals surface area contributed by atoms with E-state index >= 15 is 0 Å². The van der Waals surface area contributed by atoms with Gasteiger partial charge in [-0.05, 0) is 32.0 Å². The number of nitrogens with zero attached hydrogens (tertiary/aromatic N) is 1. The van der Waals surface area contributed by atoms with E-state index in [4.69, 9.17) is 5.73 Å². The lowest BCUT2D eigenvalue weighted by Crippen LogP contribution is -2.43. The Labute approximate surface area is 122 Å². The molecule has 0 fully saturated rings. The number of hydrogen-bond donors (Lipinski definition) is 2. The van der Waals surface area contributed by atoms with E-state index in [9.17, 15) is 4.79 Å². The van der Waals surface area contributed by atoms with E-state index in [0.29, 0.717) is 18.5 Å². The smallest absolute Gasteiger partial charge is 0.241 e. The molecule has 1 aromatic carbocycles. The molecule has 0 aliphatic heterocycles. The van der Waals surface area contributed by atoms with Crippen LogP contribution in [0.2, 0.25) is 0 Å². The quantitative estimate of drug-likeness (QED) is 0.798. The highest BCUT2D eigenvalue weighted by atomic mass is 16.2. The zero-order valence-electron chi connectivity index (χ0n) is 13.0. The Balaban J connectivity index is 2.53. The van der Waals surface area contributed by atoms with Gasteiger partial charge in [0.15, 0.2) is 0 Å². The van der Waals surface area contributed by atoms with Crippen LogP contribution in [0.5, 0.6) is 0 Å². The van der Waals surface area contributed by atoms with Crippen LogP contribution in [0.25, 0.3) is 0 Å². The van der Waals surface area contributed by atoms with Crippen LogP contribution in [0.1, 0.15) is 31.9 Å². The average molecular weight is 277 g/mol. The minimum absolute atomic E-state index is 0.119. The summed E-state index contributed by atoms with van der Waals surface area (Å²) in [5.74, 6) is 0.480. The van der Waals surface area contributed by atoms with Crippen molar-refractivity contribution in [2.75, 3.05) is 20.6 Å². The molecule has 3 N–H and O–H groups in total. The normalized spacial score (nSPS) is 14.3. The molecule has 0 heterocycles. The zero-order chi connectivity index (χ0) is 15.1. The summed E-state index contributed by atoms with van der Waals surface area (Å²) in [5.41, 5.74) is 6.82. The van der Waals surface area contributed by atoms with E-state index in [1.807, 2.05) is 44.4 Å². The Morgan fingerprint density at radius 2 is 1.85 bits per heavy atom. The van der Waals surface area contributed by atoms with Gasteiger partial charge in [0.25, 0.3) is 0 Å². The van der Waals surface area contributed by atoms with Crippen molar-refractivity contribution in [1.82, 2.24) is 10.2 Å². The minimum atomic E-state index is -0.599. The molecule has 0 aliphatic rings. The Kier molecular flexibility index (Phi) is 6.68. The second kappa shape index (κ2) is 8.02. The number of rotatable bonds is 7. The van der Waals surface area contributed by atoms with Gasteiger partial charge in [0.2, 0.25) is 5.91 Å². The highest BCUT2D eigenvalue weighted by molar-refractivity contribution is 5.82. The van der Waals surface area contributed by atoms with Crippen molar-refractivity contribution in [3.63, 3.8) is 0 Å². The molecule has 1 unspecified atom stereocenters. The second-order valence-corrected chi connectivity index (χ2v) is 5.88. The molecular weight excluding hydrogens is 250 g/mol. The minimum Gasteiger partial charge on any atom is -0.353 e. The summed E-state index contributed by atoms with van der Waals surface area (Å²) < 4.78 is 0. The van der Waals surface area contributed by atoms with Crippen molar-refractivity contribution in [3.05, 3.63) is 35.9 Å². The molecule has 0 bridgehead atoms. The molecule has 1 rings (SSSR count). The molecule has 1 amide bonds. The maximum Gasteiger partial charge on any atom is 0.241 e. The van der Waals surface area contributed by atoms with Crippen LogP contribution < -0.4 is 11.1 Å². The third kappa shape index (κ3) is 5.31. The molecule has 0 saturated carbocycles. The van der Waals surface area contributed by atoms with E-state index in [0.717, 1.165) is 12.0 Å². The Bertz CT molecular complexity index is 403. The highest BCUT2D eigenvalue weighted by Crippen LogP contribution is 2.11. The molecule has 20 heavy (non-hydrogen) atoms. The molecular formula is C16H27N3O. The lowest BCUT2D eigenvalue weighted by molar-refractivity contribution is -0.122. The summed E-state index contributed by atoms with van der Waals surface area (Å²) in [4.78, 5) is 14.2. The lowest BCUT2D eigenvalue weighted by Gasteiger charge is -2.26. The predicted octanol–water partition coefficient (Wildman–Crippen LogP) is 1.78. The van der Waals surface area contributed by atoms with E-state index in [-0.39, 0.29) is 5.91 Å². The predicted molar refractivity (Wildman–Crippen MR) is 83.3 cm³/mol. The van der Waals surface area contributed by atoms with Crippen LogP contribution in [0.15, 0.2) is 30.3 Å². The first-order valence-electron chi connectivity index (χ1n) is 7.16. The maximum absolute atomic E-state index is 12.1. The molecule has 2 atom stereocenters. The van der Waals surface area contributed by atoms with Gasteiger partial charge in [-0.25, -0.2) is 0 Å². The summed E-state index contributed by atoms with van der Waals surface area (Å²) in [5, 5.41) is 2.96. The fraction of sp³-hybridized carbons (Fsp3) is 0.562. The SMILES string of the molecule is CC(C)CC(CNC(=O)[C@H](N)c1ccccc1)N(C)C. The Morgan fingerprint density at radius 1 is 1.25 bits per heavy atom. The van der Waals surface area contributed by atoms with Gasteiger partial charge in [0.1, 0.15) is 6.04 Å². The van der Waals surface area contributed by atoms with Crippen molar-refractivity contribution in [3.8, 4) is 0 Å². The van der Waals surface area contributed by atoms with Crippen LogP contribution in [0.3, 0.4) is 0 Å². The number of benzene rings is 1. The standard InChI is InChI=1S/C16H27N3O/c1-12(2)10-14(19(3)4)11-18-16(20)15(17)13-8-6-5-7-9-13/h5-9,12,14-15H,10-11,17H2,1-4H3,(H,18,20)/t14?,15-/m1/s1. The molecule has 1 aromatic rings. The first-order valence-corrected chi connectivity index (χ1v) is 7.16. The maximum atomic E-state index is 12.1. The Hall–Kier alpha value is -1.39. The summed E-state index contributed by atoms with van der Waals surface area (Å²) in [6, 6.07) is 9.19. The summed E-state index contributed by atoms with van der Waals surface area (Å²) in [6.07, 6.45) is 1.05. The average Bonchev–Trinajstić information content (AvgIpc) is 2.42. The molecule has 112 valence electrons. The molecule has 0 spiro atoms. The van der Waals surface area contributed by atoms with Gasteiger partial charge >= 0.3 is 0 Å². The van der Waals surface area contributed by atoms with E-state index in [1.54, 1.807) is 0 Å². The third-order valence-electron chi connectivity index (χ3n) is 3.43. The summed E-state index contributed by atoms with van der Waals surface area (Å²) >= 11 is 0. The fourth-order valence-corrected chi connectivity index (χ4v) is 2.16. The van der Waals surface area contributed by atoms with Crippen LogP contribution in [0.4, 0.5) is 0 Å². The molecule has 4 nitrogen and oxygen atoms in total. The van der Waals surface area contributed by atoms with Crippen LogP contribution in [-0.4, -0.2) is 37.5 Å². The van der Waals surface area contributed by atoms with Crippen LogP contribution in [0, 0.1) is 5.92 Å². The summed E-state index contributed by atoms with van der Waals surface area (Å²) in [6.45, 7) is 5.01. The van der Waals surface area contributed by atoms with Crippen LogP contribution in [-0.2, 0) is 4.79 Å². The molecule has 0 aliphatic carbocycles. The van der Waals surface area contributed by atoms with Gasteiger partial charge < -0.3 is 16.0 Å². The first-order chi connectivity index (χ1) is 9.41. The van der Waals surface area contributed by atoms with Crippen molar-refractivity contribution in [2.45, 2.75) is 32.4 Å². The number of carbonyl (C=O) groups excluding carboxylic acids is 1. The van der Waals surface area contributed by atoms with Gasteiger partial charge in [-0.2, -0.15) is 0 Å². The lowest BCUT2D eigenvalue weighted by atomic mass is 10.0. The number of likely N-dealkylation sites (N-methyl/N-ethyl adjacent to an activating group) is 1. The van der Waals surface area contributed by atoms with Gasteiger partial charge in [-0.15, -0.1) is 0 Å². The molecule has 0 aromatic heterocycles. The fourth-order valence-electron chi connectivity index (χ4n) is 2.16. The molecule has 4 heteroatoms. The molecule has 0 radical (unpaired) electrons. The zero-order valence-corrected chi connectivity index (χ0v) is 13.0. The number of carbonyl (C=O) groups is 1. The highest BCUT2D eigenvalue weighted by Gasteiger charge is 2.18. The number of nitrogens with two attached hydrogens (primary N) is 1. The monoisotopic (exact) mass is 277 g/mol. The van der Waals surface area contributed by atoms with E-state index in [2.05, 4.69) is 24.1 Å². The van der Waals surface area contributed by atoms with Crippen molar-refractivity contribution in [1.29, 1.82) is 0 Å². The van der Waals surface area contributed by atoms with E-state index in [1.165, 1.54) is 0 Å². The Morgan fingerprint density at radius 3 is 2.35 bits per heavy atom. The topological polar surface area (TPSA) is 58.4 Å². The summed E-state index contributed by atoms with van der Waals surface area (Å²) in [7, 11) is 4.08. The molecule has 0 saturated heterocycles.